The molecule has 19 heavy (non-hydrogen) atoms. The molecule has 2 unspecified atom stereocenters. The molecule has 1 heterocycles. The Morgan fingerprint density at radius 1 is 1.63 bits per heavy atom. The van der Waals surface area contributed by atoms with Crippen molar-refractivity contribution in [2.75, 3.05) is 0 Å². The summed E-state index contributed by atoms with van der Waals surface area (Å²) in [6.45, 7) is 2.50. The SMILES string of the molecule is Cl.Cn1nccc1CNC(=O)C1CCCCC1(C)N. The van der Waals surface area contributed by atoms with Gasteiger partial charge in [0.25, 0.3) is 0 Å². The van der Waals surface area contributed by atoms with Crippen LogP contribution >= 0.6 is 12.4 Å². The molecular formula is C13H23ClN4O. The van der Waals surface area contributed by atoms with E-state index in [4.69, 9.17) is 5.73 Å². The molecule has 0 saturated heterocycles. The summed E-state index contributed by atoms with van der Waals surface area (Å²) in [5.41, 5.74) is 6.86. The van der Waals surface area contributed by atoms with Gasteiger partial charge in [-0.15, -0.1) is 12.4 Å². The molecule has 1 aromatic heterocycles. The van der Waals surface area contributed by atoms with Crippen LogP contribution < -0.4 is 11.1 Å². The number of carbonyl (C=O) groups excluding carboxylic acids is 1. The van der Waals surface area contributed by atoms with Gasteiger partial charge in [0.05, 0.1) is 18.2 Å². The van der Waals surface area contributed by atoms with Gasteiger partial charge in [0.2, 0.25) is 5.91 Å². The highest BCUT2D eigenvalue weighted by Gasteiger charge is 2.37. The smallest absolute Gasteiger partial charge is 0.225 e. The molecule has 5 nitrogen and oxygen atoms in total. The number of rotatable bonds is 3. The highest BCUT2D eigenvalue weighted by atomic mass is 35.5. The lowest BCUT2D eigenvalue weighted by Gasteiger charge is -2.37. The average molecular weight is 287 g/mol. The first-order valence-corrected chi connectivity index (χ1v) is 6.54. The molecule has 0 bridgehead atoms. The maximum atomic E-state index is 12.2. The lowest BCUT2D eigenvalue weighted by Crippen LogP contribution is -2.52. The van der Waals surface area contributed by atoms with E-state index in [2.05, 4.69) is 10.4 Å². The van der Waals surface area contributed by atoms with Crippen LogP contribution in [-0.4, -0.2) is 21.2 Å². The predicted octanol–water partition coefficient (Wildman–Crippen LogP) is 1.37. The third-order valence-corrected chi connectivity index (χ3v) is 3.94. The van der Waals surface area contributed by atoms with E-state index in [0.717, 1.165) is 31.4 Å². The molecule has 1 fully saturated rings. The Kier molecular flexibility index (Phi) is 5.38. The van der Waals surface area contributed by atoms with E-state index >= 15 is 0 Å². The van der Waals surface area contributed by atoms with Crippen LogP contribution in [0.4, 0.5) is 0 Å². The Morgan fingerprint density at radius 2 is 2.37 bits per heavy atom. The van der Waals surface area contributed by atoms with Gasteiger partial charge in [-0.1, -0.05) is 12.8 Å². The van der Waals surface area contributed by atoms with Crippen molar-refractivity contribution in [3.05, 3.63) is 18.0 Å². The molecule has 1 amide bonds. The van der Waals surface area contributed by atoms with E-state index in [0.29, 0.717) is 6.54 Å². The first kappa shape index (κ1) is 16.0. The maximum absolute atomic E-state index is 12.2. The fraction of sp³-hybridized carbons (Fsp3) is 0.692. The van der Waals surface area contributed by atoms with E-state index < -0.39 is 0 Å². The topological polar surface area (TPSA) is 72.9 Å². The van der Waals surface area contributed by atoms with Crippen molar-refractivity contribution in [1.82, 2.24) is 15.1 Å². The van der Waals surface area contributed by atoms with Crippen molar-refractivity contribution in [1.29, 1.82) is 0 Å². The lowest BCUT2D eigenvalue weighted by molar-refractivity contribution is -0.128. The number of aryl methyl sites for hydroxylation is 1. The molecule has 1 aliphatic carbocycles. The lowest BCUT2D eigenvalue weighted by atomic mass is 9.74. The zero-order valence-electron chi connectivity index (χ0n) is 11.6. The van der Waals surface area contributed by atoms with Gasteiger partial charge in [0.15, 0.2) is 0 Å². The summed E-state index contributed by atoms with van der Waals surface area (Å²) in [6, 6.07) is 1.91. The Morgan fingerprint density at radius 3 is 2.95 bits per heavy atom. The molecule has 0 aromatic carbocycles. The first-order valence-electron chi connectivity index (χ1n) is 6.54. The average Bonchev–Trinajstić information content (AvgIpc) is 2.71. The fourth-order valence-electron chi connectivity index (χ4n) is 2.66. The minimum absolute atomic E-state index is 0. The van der Waals surface area contributed by atoms with Crippen LogP contribution in [0.2, 0.25) is 0 Å². The minimum atomic E-state index is -0.366. The van der Waals surface area contributed by atoms with E-state index in [-0.39, 0.29) is 29.8 Å². The van der Waals surface area contributed by atoms with E-state index in [1.165, 1.54) is 0 Å². The van der Waals surface area contributed by atoms with E-state index in [1.807, 2.05) is 20.0 Å². The zero-order chi connectivity index (χ0) is 13.2. The molecule has 6 heteroatoms. The summed E-state index contributed by atoms with van der Waals surface area (Å²) in [5.74, 6) is 0.000350. The maximum Gasteiger partial charge on any atom is 0.225 e. The largest absolute Gasteiger partial charge is 0.350 e. The number of amides is 1. The molecule has 108 valence electrons. The molecular weight excluding hydrogens is 264 g/mol. The van der Waals surface area contributed by atoms with Gasteiger partial charge < -0.3 is 11.1 Å². The third kappa shape index (κ3) is 3.70. The van der Waals surface area contributed by atoms with Crippen LogP contribution in [-0.2, 0) is 18.4 Å². The van der Waals surface area contributed by atoms with Crippen molar-refractivity contribution in [2.24, 2.45) is 18.7 Å². The highest BCUT2D eigenvalue weighted by Crippen LogP contribution is 2.31. The molecule has 1 aliphatic rings. The van der Waals surface area contributed by atoms with Crippen molar-refractivity contribution < 1.29 is 4.79 Å². The Labute approximate surface area is 120 Å². The number of halogens is 1. The zero-order valence-corrected chi connectivity index (χ0v) is 12.4. The molecule has 3 N–H and O–H groups in total. The highest BCUT2D eigenvalue weighted by molar-refractivity contribution is 5.85. The Bertz CT molecular complexity index is 430. The molecule has 2 atom stereocenters. The van der Waals surface area contributed by atoms with Crippen LogP contribution in [0.1, 0.15) is 38.3 Å². The number of nitrogens with zero attached hydrogens (tertiary/aromatic N) is 2. The van der Waals surface area contributed by atoms with Gasteiger partial charge in [-0.2, -0.15) is 5.10 Å². The number of carbonyl (C=O) groups is 1. The number of nitrogens with one attached hydrogen (secondary N) is 1. The third-order valence-electron chi connectivity index (χ3n) is 3.94. The molecule has 0 aliphatic heterocycles. The van der Waals surface area contributed by atoms with Crippen LogP contribution in [0, 0.1) is 5.92 Å². The first-order chi connectivity index (χ1) is 8.50. The minimum Gasteiger partial charge on any atom is -0.350 e. The predicted molar refractivity (Wildman–Crippen MR) is 76.9 cm³/mol. The van der Waals surface area contributed by atoms with Gasteiger partial charge in [0.1, 0.15) is 0 Å². The van der Waals surface area contributed by atoms with Crippen LogP contribution in [0.5, 0.6) is 0 Å². The van der Waals surface area contributed by atoms with Gasteiger partial charge in [-0.3, -0.25) is 9.48 Å². The number of aromatic nitrogens is 2. The molecule has 1 aromatic rings. The van der Waals surface area contributed by atoms with Crippen molar-refractivity contribution >= 4 is 18.3 Å². The molecule has 1 saturated carbocycles. The summed E-state index contributed by atoms with van der Waals surface area (Å²) in [6.07, 6.45) is 5.77. The standard InChI is InChI=1S/C13H22N4O.ClH/c1-13(14)7-4-3-5-11(13)12(18)15-9-10-6-8-16-17(10)2;/h6,8,11H,3-5,7,9,14H2,1-2H3,(H,15,18);1H. The number of hydrogen-bond acceptors (Lipinski definition) is 3. The van der Waals surface area contributed by atoms with E-state index in [9.17, 15) is 4.79 Å². The second kappa shape index (κ2) is 6.39. The van der Waals surface area contributed by atoms with E-state index in [1.54, 1.807) is 10.9 Å². The quantitative estimate of drug-likeness (QED) is 0.881. The Balaban J connectivity index is 0.00000180. The van der Waals surface area contributed by atoms with Crippen molar-refractivity contribution in [3.8, 4) is 0 Å². The van der Waals surface area contributed by atoms with Crippen LogP contribution in [0.25, 0.3) is 0 Å². The van der Waals surface area contributed by atoms with Gasteiger partial charge in [0, 0.05) is 18.8 Å². The summed E-state index contributed by atoms with van der Waals surface area (Å²) in [7, 11) is 1.87. The van der Waals surface area contributed by atoms with Crippen LogP contribution in [0.3, 0.4) is 0 Å². The van der Waals surface area contributed by atoms with Crippen molar-refractivity contribution in [2.45, 2.75) is 44.7 Å². The summed E-state index contributed by atoms with van der Waals surface area (Å²) >= 11 is 0. The fourth-order valence-corrected chi connectivity index (χ4v) is 2.66. The number of hydrogen-bond donors (Lipinski definition) is 2. The van der Waals surface area contributed by atoms with Crippen molar-refractivity contribution in [3.63, 3.8) is 0 Å². The monoisotopic (exact) mass is 286 g/mol. The summed E-state index contributed by atoms with van der Waals surface area (Å²) in [4.78, 5) is 12.2. The Hall–Kier alpha value is -1.07. The molecule has 0 spiro atoms. The van der Waals surface area contributed by atoms with Gasteiger partial charge in [-0.25, -0.2) is 0 Å². The van der Waals surface area contributed by atoms with Gasteiger partial charge in [-0.05, 0) is 25.8 Å². The van der Waals surface area contributed by atoms with Crippen LogP contribution in [0.15, 0.2) is 12.3 Å². The summed E-state index contributed by atoms with van der Waals surface area (Å²) in [5, 5.41) is 7.05. The normalized spacial score (nSPS) is 26.6. The van der Waals surface area contributed by atoms with Gasteiger partial charge >= 0.3 is 0 Å². The second-order valence-electron chi connectivity index (χ2n) is 5.47. The molecule has 0 radical (unpaired) electrons. The summed E-state index contributed by atoms with van der Waals surface area (Å²) < 4.78 is 1.77. The molecule has 2 rings (SSSR count). The number of nitrogens with two attached hydrogens (primary N) is 1. The second-order valence-corrected chi connectivity index (χ2v) is 5.47.